The summed E-state index contributed by atoms with van der Waals surface area (Å²) in [7, 11) is 0. The molecular formula is C32H25Cl2N3O6S2. The Kier molecular flexibility index (Phi) is 8.62. The number of nitrogens with zero attached hydrogens (tertiary/aromatic N) is 2. The number of aryl methyl sites for hydroxylation is 1. The lowest BCUT2D eigenvalue weighted by atomic mass is 9.83. The first-order valence-electron chi connectivity index (χ1n) is 13.9. The number of esters is 1. The van der Waals surface area contributed by atoms with Gasteiger partial charge in [-0.3, -0.25) is 23.7 Å². The smallest absolute Gasteiger partial charge is 0.338 e. The highest BCUT2D eigenvalue weighted by atomic mass is 35.5. The van der Waals surface area contributed by atoms with Crippen molar-refractivity contribution in [1.29, 1.82) is 0 Å². The molecule has 1 fully saturated rings. The summed E-state index contributed by atoms with van der Waals surface area (Å²) in [6, 6.07) is 18.4. The molecule has 3 heterocycles. The molecule has 1 aromatic heterocycles. The van der Waals surface area contributed by atoms with Crippen LogP contribution in [0, 0.1) is 12.8 Å². The minimum Gasteiger partial charge on any atom is -0.462 e. The average Bonchev–Trinajstić information content (AvgIpc) is 3.46. The molecule has 2 aliphatic rings. The van der Waals surface area contributed by atoms with E-state index in [1.165, 1.54) is 21.6 Å². The number of carbonyl (C=O) groups is 4. The standard InChI is InChI=1S/C32H25Cl2N3O6S2/c1-3-43-31(41)17-9-11-18(12-10-17)35-22(38)15-36-30-27(45-32(36)42)23(20-5-4-6-21(33)25(20)34)24-26(44-30)29(40)37(28(24)39)19-13-7-16(2)8-14-19/h4-14,23-24,26H,3,15H2,1-2H3,(H,35,38)/t23-,24-,26+/m0/s1. The molecule has 1 N–H and O–H groups in total. The molecule has 45 heavy (non-hydrogen) atoms. The molecule has 9 nitrogen and oxygen atoms in total. The van der Waals surface area contributed by atoms with E-state index in [4.69, 9.17) is 27.9 Å². The second-order valence-corrected chi connectivity index (χ2v) is 13.4. The van der Waals surface area contributed by atoms with Gasteiger partial charge in [0, 0.05) is 16.5 Å². The molecule has 3 amide bonds. The highest BCUT2D eigenvalue weighted by Gasteiger charge is 2.57. The van der Waals surface area contributed by atoms with Gasteiger partial charge in [-0.25, -0.2) is 9.69 Å². The number of carbonyl (C=O) groups excluding carboxylic acids is 4. The number of halogens is 2. The molecule has 1 saturated heterocycles. The van der Waals surface area contributed by atoms with Crippen LogP contribution >= 0.6 is 46.3 Å². The largest absolute Gasteiger partial charge is 0.462 e. The second kappa shape index (κ2) is 12.5. The summed E-state index contributed by atoms with van der Waals surface area (Å²) in [5.41, 5.74) is 2.72. The highest BCUT2D eigenvalue weighted by Crippen LogP contribution is 2.55. The first-order chi connectivity index (χ1) is 21.6. The van der Waals surface area contributed by atoms with Crippen molar-refractivity contribution in [1.82, 2.24) is 4.57 Å². The lowest BCUT2D eigenvalue weighted by molar-refractivity contribution is -0.122. The normalized spacial score (nSPS) is 18.8. The van der Waals surface area contributed by atoms with Crippen LogP contribution in [-0.4, -0.2) is 40.1 Å². The van der Waals surface area contributed by atoms with Gasteiger partial charge in [-0.2, -0.15) is 0 Å². The third-order valence-corrected chi connectivity index (χ3v) is 11.1. The number of amides is 3. The number of thioether (sulfide) groups is 1. The van der Waals surface area contributed by atoms with Gasteiger partial charge in [-0.1, -0.05) is 76.1 Å². The zero-order valence-electron chi connectivity index (χ0n) is 23.9. The quantitative estimate of drug-likeness (QED) is 0.184. The Hall–Kier alpha value is -3.90. The Bertz CT molecular complexity index is 1910. The van der Waals surface area contributed by atoms with E-state index in [2.05, 4.69) is 5.32 Å². The van der Waals surface area contributed by atoms with Gasteiger partial charge in [-0.15, -0.1) is 0 Å². The number of hydrogen-bond donors (Lipinski definition) is 1. The van der Waals surface area contributed by atoms with E-state index in [1.54, 1.807) is 49.4 Å². The van der Waals surface area contributed by atoms with Crippen molar-refractivity contribution in [2.24, 2.45) is 5.92 Å². The predicted molar refractivity (Wildman–Crippen MR) is 175 cm³/mol. The van der Waals surface area contributed by atoms with E-state index in [1.807, 2.05) is 19.1 Å². The number of benzene rings is 3. The van der Waals surface area contributed by atoms with Gasteiger partial charge >= 0.3 is 10.8 Å². The summed E-state index contributed by atoms with van der Waals surface area (Å²) in [6.07, 6.45) is 0. The third-order valence-electron chi connectivity index (χ3n) is 7.64. The molecule has 4 aromatic rings. The van der Waals surface area contributed by atoms with Crippen LogP contribution < -0.4 is 15.1 Å². The van der Waals surface area contributed by atoms with Crippen molar-refractivity contribution < 1.29 is 23.9 Å². The summed E-state index contributed by atoms with van der Waals surface area (Å²) in [5.74, 6) is -3.38. The number of thiazole rings is 1. The number of rotatable bonds is 7. The molecule has 6 rings (SSSR count). The Balaban J connectivity index is 1.36. The molecule has 2 aliphatic heterocycles. The van der Waals surface area contributed by atoms with Crippen LogP contribution in [0.3, 0.4) is 0 Å². The van der Waals surface area contributed by atoms with Gasteiger partial charge in [0.2, 0.25) is 17.7 Å². The SMILES string of the molecule is CCOC(=O)c1ccc(NC(=O)Cn2c3c(sc2=O)[C@@H](c2cccc(Cl)c2Cl)[C@@H]2C(=O)N(c4ccc(C)cc4)C(=O)[C@@H]2S3)cc1. The Morgan fingerprint density at radius 3 is 2.36 bits per heavy atom. The van der Waals surface area contributed by atoms with Crippen LogP contribution in [0.5, 0.6) is 0 Å². The van der Waals surface area contributed by atoms with Gasteiger partial charge in [-0.05, 0) is 61.9 Å². The Morgan fingerprint density at radius 1 is 0.956 bits per heavy atom. The molecule has 0 saturated carbocycles. The minimum atomic E-state index is -0.870. The number of aromatic nitrogens is 1. The maximum Gasteiger partial charge on any atom is 0.338 e. The molecule has 0 bridgehead atoms. The minimum absolute atomic E-state index is 0.228. The zero-order chi connectivity index (χ0) is 32.0. The zero-order valence-corrected chi connectivity index (χ0v) is 27.1. The first kappa shape index (κ1) is 31.1. The monoisotopic (exact) mass is 681 g/mol. The molecule has 13 heteroatoms. The van der Waals surface area contributed by atoms with Crippen LogP contribution in [-0.2, 0) is 25.7 Å². The number of nitrogens with one attached hydrogen (secondary N) is 1. The van der Waals surface area contributed by atoms with E-state index < -0.39 is 45.6 Å². The fraction of sp³-hybridized carbons (Fsp3) is 0.219. The highest BCUT2D eigenvalue weighted by molar-refractivity contribution is 8.00. The number of ether oxygens (including phenoxy) is 1. The van der Waals surface area contributed by atoms with Crippen LogP contribution in [0.15, 0.2) is 76.6 Å². The van der Waals surface area contributed by atoms with E-state index in [0.717, 1.165) is 28.7 Å². The predicted octanol–water partition coefficient (Wildman–Crippen LogP) is 6.14. The van der Waals surface area contributed by atoms with Gasteiger partial charge in [0.25, 0.3) is 0 Å². The molecular weight excluding hydrogens is 657 g/mol. The molecule has 0 unspecified atom stereocenters. The summed E-state index contributed by atoms with van der Waals surface area (Å²) < 4.78 is 6.31. The number of fused-ring (bicyclic) bond motifs is 2. The van der Waals surface area contributed by atoms with Crippen LogP contribution in [0.4, 0.5) is 11.4 Å². The van der Waals surface area contributed by atoms with E-state index in [-0.39, 0.29) is 23.2 Å². The van der Waals surface area contributed by atoms with Crippen molar-refractivity contribution in [3.63, 3.8) is 0 Å². The summed E-state index contributed by atoms with van der Waals surface area (Å²) in [6.45, 7) is 3.53. The van der Waals surface area contributed by atoms with Gasteiger partial charge in [0.05, 0.1) is 38.8 Å². The van der Waals surface area contributed by atoms with Gasteiger partial charge < -0.3 is 10.1 Å². The van der Waals surface area contributed by atoms with Crippen LogP contribution in [0.1, 0.15) is 39.2 Å². The molecule has 0 aliphatic carbocycles. The summed E-state index contributed by atoms with van der Waals surface area (Å²) in [4.78, 5) is 67.8. The maximum absolute atomic E-state index is 14.0. The van der Waals surface area contributed by atoms with E-state index >= 15 is 0 Å². The second-order valence-electron chi connectivity index (χ2n) is 10.5. The van der Waals surface area contributed by atoms with Gasteiger partial charge in [0.15, 0.2) is 0 Å². The molecule has 0 spiro atoms. The Morgan fingerprint density at radius 2 is 1.67 bits per heavy atom. The van der Waals surface area contributed by atoms with E-state index in [9.17, 15) is 24.0 Å². The number of imide groups is 1. The molecule has 0 radical (unpaired) electrons. The topological polar surface area (TPSA) is 115 Å². The van der Waals surface area contributed by atoms with Crippen LogP contribution in [0.25, 0.3) is 0 Å². The van der Waals surface area contributed by atoms with Crippen molar-refractivity contribution in [2.75, 3.05) is 16.8 Å². The molecule has 230 valence electrons. The number of anilines is 2. The van der Waals surface area contributed by atoms with Crippen molar-refractivity contribution in [3.05, 3.63) is 108 Å². The summed E-state index contributed by atoms with van der Waals surface area (Å²) in [5, 5.41) is 2.80. The average molecular weight is 683 g/mol. The molecule has 3 aromatic carbocycles. The first-order valence-corrected chi connectivity index (χ1v) is 16.4. The van der Waals surface area contributed by atoms with Crippen molar-refractivity contribution in [3.8, 4) is 0 Å². The molecule has 3 atom stereocenters. The van der Waals surface area contributed by atoms with Gasteiger partial charge in [0.1, 0.15) is 11.8 Å². The van der Waals surface area contributed by atoms with E-state index in [0.29, 0.717) is 32.4 Å². The van der Waals surface area contributed by atoms with Crippen molar-refractivity contribution in [2.45, 2.75) is 36.6 Å². The third kappa shape index (κ3) is 5.69. The summed E-state index contributed by atoms with van der Waals surface area (Å²) >= 11 is 15.1. The lowest BCUT2D eigenvalue weighted by Crippen LogP contribution is -2.33. The fourth-order valence-corrected chi connectivity index (χ4v) is 8.74. The van der Waals surface area contributed by atoms with Crippen molar-refractivity contribution >= 4 is 81.4 Å². The fourth-order valence-electron chi connectivity index (χ4n) is 5.55. The van der Waals surface area contributed by atoms with Crippen LogP contribution in [0.2, 0.25) is 10.0 Å². The maximum atomic E-state index is 14.0. The number of hydrogen-bond acceptors (Lipinski definition) is 8. The lowest BCUT2D eigenvalue weighted by Gasteiger charge is -2.31. The Labute approximate surface area is 276 Å².